The Bertz CT molecular complexity index is 381. The number of benzene rings is 1. The maximum atomic E-state index is 11.0. The molecule has 1 fully saturated rings. The molecule has 0 radical (unpaired) electrons. The molecule has 4 heteroatoms. The number of halogens is 1. The molecule has 0 bridgehead atoms. The van der Waals surface area contributed by atoms with Crippen LogP contribution in [0.5, 0.6) is 0 Å². The van der Waals surface area contributed by atoms with Crippen LogP contribution in [0.1, 0.15) is 11.5 Å². The van der Waals surface area contributed by atoms with E-state index in [1.165, 1.54) is 0 Å². The minimum Gasteiger partial charge on any atom is -0.481 e. The van der Waals surface area contributed by atoms with Crippen molar-refractivity contribution in [3.05, 3.63) is 34.9 Å². The molecule has 1 N–H and O–H groups in total. The highest BCUT2D eigenvalue weighted by Crippen LogP contribution is 2.40. The smallest absolute Gasteiger partial charge is 0.307 e. The summed E-state index contributed by atoms with van der Waals surface area (Å²) in [7, 11) is 0. The maximum Gasteiger partial charge on any atom is 0.307 e. The first kappa shape index (κ1) is 10.8. The van der Waals surface area contributed by atoms with E-state index in [0.717, 1.165) is 11.3 Å². The predicted molar refractivity (Wildman–Crippen MR) is 62.6 cm³/mol. The summed E-state index contributed by atoms with van der Waals surface area (Å²) in [5.74, 6) is 0.576. The zero-order chi connectivity index (χ0) is 10.8. The van der Waals surface area contributed by atoms with Crippen molar-refractivity contribution in [1.29, 1.82) is 0 Å². The number of rotatable bonds is 2. The molecule has 1 heterocycles. The van der Waals surface area contributed by atoms with Crippen molar-refractivity contribution in [2.75, 3.05) is 11.5 Å². The Morgan fingerprint density at radius 2 is 2.13 bits per heavy atom. The average molecular weight is 243 g/mol. The molecule has 15 heavy (non-hydrogen) atoms. The Morgan fingerprint density at radius 3 is 2.80 bits per heavy atom. The fourth-order valence-electron chi connectivity index (χ4n) is 1.88. The zero-order valence-corrected chi connectivity index (χ0v) is 9.59. The molecule has 2 unspecified atom stereocenters. The van der Waals surface area contributed by atoms with Crippen LogP contribution in [-0.2, 0) is 4.79 Å². The first-order valence-corrected chi connectivity index (χ1v) is 6.28. The Kier molecular flexibility index (Phi) is 3.22. The van der Waals surface area contributed by atoms with Gasteiger partial charge in [-0.25, -0.2) is 0 Å². The van der Waals surface area contributed by atoms with E-state index in [1.54, 1.807) is 11.8 Å². The Morgan fingerprint density at radius 1 is 1.40 bits per heavy atom. The summed E-state index contributed by atoms with van der Waals surface area (Å²) < 4.78 is 0. The van der Waals surface area contributed by atoms with Crippen LogP contribution >= 0.6 is 23.4 Å². The Hall–Kier alpha value is -0.670. The molecule has 0 spiro atoms. The van der Waals surface area contributed by atoms with Gasteiger partial charge in [0.25, 0.3) is 0 Å². The fourth-order valence-corrected chi connectivity index (χ4v) is 3.59. The van der Waals surface area contributed by atoms with Gasteiger partial charge in [0.2, 0.25) is 0 Å². The number of hydrogen-bond donors (Lipinski definition) is 1. The van der Waals surface area contributed by atoms with Gasteiger partial charge in [0.15, 0.2) is 0 Å². The monoisotopic (exact) mass is 242 g/mol. The third-order valence-corrected chi connectivity index (χ3v) is 4.24. The van der Waals surface area contributed by atoms with E-state index in [1.807, 2.05) is 24.3 Å². The summed E-state index contributed by atoms with van der Waals surface area (Å²) in [6.07, 6.45) is 0. The van der Waals surface area contributed by atoms with Gasteiger partial charge in [0.1, 0.15) is 0 Å². The number of carboxylic acids is 1. The molecular weight excluding hydrogens is 232 g/mol. The summed E-state index contributed by atoms with van der Waals surface area (Å²) in [4.78, 5) is 11.0. The molecule has 0 saturated carbocycles. The van der Waals surface area contributed by atoms with Gasteiger partial charge in [-0.3, -0.25) is 4.79 Å². The second-order valence-corrected chi connectivity index (χ2v) is 5.09. The van der Waals surface area contributed by atoms with Gasteiger partial charge < -0.3 is 5.11 Å². The van der Waals surface area contributed by atoms with Crippen molar-refractivity contribution in [1.82, 2.24) is 0 Å². The minimum absolute atomic E-state index is 0.0567. The van der Waals surface area contributed by atoms with Gasteiger partial charge in [-0.2, -0.15) is 11.8 Å². The lowest BCUT2D eigenvalue weighted by molar-refractivity contribution is -0.141. The first-order chi connectivity index (χ1) is 7.20. The number of carbonyl (C=O) groups is 1. The second kappa shape index (κ2) is 4.45. The molecule has 2 nitrogen and oxygen atoms in total. The van der Waals surface area contributed by atoms with Gasteiger partial charge >= 0.3 is 5.97 Å². The quantitative estimate of drug-likeness (QED) is 0.867. The van der Waals surface area contributed by atoms with Gasteiger partial charge in [-0.05, 0) is 11.6 Å². The van der Waals surface area contributed by atoms with E-state index in [-0.39, 0.29) is 11.8 Å². The van der Waals surface area contributed by atoms with Crippen molar-refractivity contribution in [3.63, 3.8) is 0 Å². The third kappa shape index (κ3) is 2.13. The van der Waals surface area contributed by atoms with E-state index < -0.39 is 5.97 Å². The number of hydrogen-bond acceptors (Lipinski definition) is 2. The topological polar surface area (TPSA) is 37.3 Å². The standard InChI is InChI=1S/C11H11ClO2S/c12-10-4-2-1-3-7(10)8-5-15-6-9(8)11(13)14/h1-4,8-9H,5-6H2,(H,13,14). The largest absolute Gasteiger partial charge is 0.481 e. The zero-order valence-electron chi connectivity index (χ0n) is 8.02. The van der Waals surface area contributed by atoms with Crippen LogP contribution < -0.4 is 0 Å². The molecular formula is C11H11ClO2S. The highest BCUT2D eigenvalue weighted by Gasteiger charge is 2.35. The van der Waals surface area contributed by atoms with Crippen LogP contribution in [0.2, 0.25) is 5.02 Å². The Labute approximate surface area is 97.6 Å². The average Bonchev–Trinajstić information content (AvgIpc) is 2.67. The third-order valence-electron chi connectivity index (χ3n) is 2.70. The summed E-state index contributed by atoms with van der Waals surface area (Å²) in [6, 6.07) is 7.51. The van der Waals surface area contributed by atoms with E-state index in [2.05, 4.69) is 0 Å². The predicted octanol–water partition coefficient (Wildman–Crippen LogP) is 2.87. The minimum atomic E-state index is -0.718. The van der Waals surface area contributed by atoms with E-state index in [0.29, 0.717) is 10.8 Å². The molecule has 2 atom stereocenters. The Balaban J connectivity index is 2.30. The first-order valence-electron chi connectivity index (χ1n) is 4.75. The van der Waals surface area contributed by atoms with Crippen molar-refractivity contribution >= 4 is 29.3 Å². The van der Waals surface area contributed by atoms with E-state index in [9.17, 15) is 4.79 Å². The van der Waals surface area contributed by atoms with Crippen LogP contribution in [0, 0.1) is 5.92 Å². The molecule has 2 rings (SSSR count). The van der Waals surface area contributed by atoms with Gasteiger partial charge in [-0.1, -0.05) is 29.8 Å². The van der Waals surface area contributed by atoms with Crippen LogP contribution in [-0.4, -0.2) is 22.6 Å². The van der Waals surface area contributed by atoms with Crippen LogP contribution in [0.4, 0.5) is 0 Å². The van der Waals surface area contributed by atoms with Gasteiger partial charge in [0, 0.05) is 22.4 Å². The van der Waals surface area contributed by atoms with Crippen LogP contribution in [0.3, 0.4) is 0 Å². The lowest BCUT2D eigenvalue weighted by Crippen LogP contribution is -2.20. The summed E-state index contributed by atoms with van der Waals surface area (Å²) in [6.45, 7) is 0. The molecule has 1 aromatic rings. The summed E-state index contributed by atoms with van der Waals surface area (Å²) >= 11 is 7.75. The summed E-state index contributed by atoms with van der Waals surface area (Å²) in [5.41, 5.74) is 0.969. The van der Waals surface area contributed by atoms with E-state index in [4.69, 9.17) is 16.7 Å². The fraction of sp³-hybridized carbons (Fsp3) is 0.364. The molecule has 1 saturated heterocycles. The highest BCUT2D eigenvalue weighted by atomic mass is 35.5. The summed E-state index contributed by atoms with van der Waals surface area (Å²) in [5, 5.41) is 9.76. The number of thioether (sulfide) groups is 1. The molecule has 1 aliphatic heterocycles. The van der Waals surface area contributed by atoms with Crippen molar-refractivity contribution < 1.29 is 9.90 Å². The normalized spacial score (nSPS) is 25.4. The molecule has 0 aromatic heterocycles. The molecule has 80 valence electrons. The van der Waals surface area contributed by atoms with Crippen LogP contribution in [0.15, 0.2) is 24.3 Å². The lowest BCUT2D eigenvalue weighted by Gasteiger charge is -2.16. The SMILES string of the molecule is O=C(O)C1CSCC1c1ccccc1Cl. The molecule has 0 amide bonds. The lowest BCUT2D eigenvalue weighted by atomic mass is 9.89. The van der Waals surface area contributed by atoms with Gasteiger partial charge in [-0.15, -0.1) is 0 Å². The molecule has 1 aliphatic rings. The molecule has 0 aliphatic carbocycles. The van der Waals surface area contributed by atoms with Crippen molar-refractivity contribution in [2.24, 2.45) is 5.92 Å². The van der Waals surface area contributed by atoms with Crippen molar-refractivity contribution in [2.45, 2.75) is 5.92 Å². The number of carboxylic acid groups (broad SMARTS) is 1. The van der Waals surface area contributed by atoms with Crippen LogP contribution in [0.25, 0.3) is 0 Å². The second-order valence-electron chi connectivity index (χ2n) is 3.61. The van der Waals surface area contributed by atoms with Crippen molar-refractivity contribution in [3.8, 4) is 0 Å². The molecule has 1 aromatic carbocycles. The van der Waals surface area contributed by atoms with Gasteiger partial charge in [0.05, 0.1) is 5.92 Å². The number of aliphatic carboxylic acids is 1. The highest BCUT2D eigenvalue weighted by molar-refractivity contribution is 7.99. The maximum absolute atomic E-state index is 11.0. The van der Waals surface area contributed by atoms with E-state index >= 15 is 0 Å².